The number of rotatable bonds is 7. The van der Waals surface area contributed by atoms with Crippen LogP contribution >= 0.6 is 11.8 Å². The van der Waals surface area contributed by atoms with Gasteiger partial charge in [-0.05, 0) is 25.3 Å². The second-order valence-corrected chi connectivity index (χ2v) is 5.03. The molecule has 1 nitrogen and oxygen atoms in total. The van der Waals surface area contributed by atoms with E-state index in [1.807, 2.05) is 6.92 Å². The average molecular weight is 206 g/mol. The molecule has 0 aliphatic heterocycles. The summed E-state index contributed by atoms with van der Waals surface area (Å²) in [5, 5.41) is 9.26. The Morgan fingerprint density at radius 2 is 2.15 bits per heavy atom. The molecule has 0 aliphatic carbocycles. The Morgan fingerprint density at radius 1 is 1.54 bits per heavy atom. The van der Waals surface area contributed by atoms with E-state index in [-0.39, 0.29) is 11.9 Å². The van der Waals surface area contributed by atoms with Gasteiger partial charge in [0.1, 0.15) is 6.67 Å². The van der Waals surface area contributed by atoms with Crippen molar-refractivity contribution < 1.29 is 9.50 Å². The van der Waals surface area contributed by atoms with Crippen LogP contribution in [0.2, 0.25) is 0 Å². The average Bonchev–Trinajstić information content (AvgIpc) is 2.13. The van der Waals surface area contributed by atoms with E-state index in [2.05, 4.69) is 13.5 Å². The molecule has 0 aromatic carbocycles. The van der Waals surface area contributed by atoms with Gasteiger partial charge in [0.25, 0.3) is 0 Å². The number of hydrogen-bond donors (Lipinski definition) is 1. The summed E-state index contributed by atoms with van der Waals surface area (Å²) in [7, 11) is 0. The second-order valence-electron chi connectivity index (χ2n) is 3.25. The third-order valence-electron chi connectivity index (χ3n) is 1.95. The fraction of sp³-hybridized carbons (Fsp3) is 0.800. The highest BCUT2D eigenvalue weighted by Crippen LogP contribution is 2.25. The summed E-state index contributed by atoms with van der Waals surface area (Å²) >= 11 is 1.72. The van der Waals surface area contributed by atoms with E-state index in [9.17, 15) is 4.39 Å². The number of alkyl halides is 1. The predicted molar refractivity (Wildman–Crippen MR) is 57.9 cm³/mol. The van der Waals surface area contributed by atoms with Crippen molar-refractivity contribution in [1.82, 2.24) is 0 Å². The summed E-state index contributed by atoms with van der Waals surface area (Å²) in [5.41, 5.74) is 0.654. The van der Waals surface area contributed by atoms with Crippen molar-refractivity contribution in [3.63, 3.8) is 0 Å². The minimum Gasteiger partial charge on any atom is -0.396 e. The second kappa shape index (κ2) is 7.39. The molecule has 0 fully saturated rings. The van der Waals surface area contributed by atoms with Crippen LogP contribution in [0.5, 0.6) is 0 Å². The molecule has 1 N–H and O–H groups in total. The predicted octanol–water partition coefficient (Wildman–Crippen LogP) is 2.79. The standard InChI is InChI=1S/C10H19FOS/c1-8(7-11)10(3)13-9(2)5-4-6-12/h9-10,12H,1,4-7H2,2-3H3. The van der Waals surface area contributed by atoms with Crippen LogP contribution in [-0.2, 0) is 0 Å². The maximum atomic E-state index is 12.2. The molecule has 0 saturated carbocycles. The number of hydrogen-bond acceptors (Lipinski definition) is 2. The van der Waals surface area contributed by atoms with Crippen molar-refractivity contribution in [2.45, 2.75) is 37.2 Å². The van der Waals surface area contributed by atoms with Gasteiger partial charge in [-0.2, -0.15) is 11.8 Å². The first-order valence-corrected chi connectivity index (χ1v) is 5.56. The lowest BCUT2D eigenvalue weighted by Gasteiger charge is -2.17. The van der Waals surface area contributed by atoms with E-state index in [0.29, 0.717) is 10.8 Å². The summed E-state index contributed by atoms with van der Waals surface area (Å²) in [6.07, 6.45) is 1.80. The van der Waals surface area contributed by atoms with Gasteiger partial charge in [-0.25, -0.2) is 4.39 Å². The van der Waals surface area contributed by atoms with Gasteiger partial charge in [-0.3, -0.25) is 0 Å². The first kappa shape index (κ1) is 13.0. The molecule has 0 spiro atoms. The van der Waals surface area contributed by atoms with Crippen LogP contribution in [0.1, 0.15) is 26.7 Å². The third kappa shape index (κ3) is 6.11. The van der Waals surface area contributed by atoms with E-state index < -0.39 is 6.67 Å². The molecule has 0 radical (unpaired) electrons. The molecule has 78 valence electrons. The molecule has 2 atom stereocenters. The van der Waals surface area contributed by atoms with Crippen molar-refractivity contribution in [3.05, 3.63) is 12.2 Å². The third-order valence-corrected chi connectivity index (χ3v) is 3.39. The highest BCUT2D eigenvalue weighted by Gasteiger charge is 2.11. The number of thioether (sulfide) groups is 1. The molecule has 3 heteroatoms. The Bertz CT molecular complexity index is 150. The number of aliphatic hydroxyl groups is 1. The normalized spacial score (nSPS) is 15.4. The van der Waals surface area contributed by atoms with Crippen molar-refractivity contribution >= 4 is 11.8 Å². The molecule has 2 unspecified atom stereocenters. The molecule has 0 saturated heterocycles. The van der Waals surface area contributed by atoms with Gasteiger partial charge in [0.05, 0.1) is 0 Å². The van der Waals surface area contributed by atoms with Gasteiger partial charge < -0.3 is 5.11 Å². The van der Waals surface area contributed by atoms with E-state index in [0.717, 1.165) is 12.8 Å². The fourth-order valence-corrected chi connectivity index (χ4v) is 2.26. The van der Waals surface area contributed by atoms with Crippen LogP contribution in [0, 0.1) is 0 Å². The lowest BCUT2D eigenvalue weighted by atomic mass is 10.2. The first-order chi connectivity index (χ1) is 6.11. The van der Waals surface area contributed by atoms with Crippen molar-refractivity contribution in [1.29, 1.82) is 0 Å². The van der Waals surface area contributed by atoms with Crippen molar-refractivity contribution in [2.24, 2.45) is 0 Å². The topological polar surface area (TPSA) is 20.2 Å². The molecule has 0 rings (SSSR count). The first-order valence-electron chi connectivity index (χ1n) is 4.61. The molecular weight excluding hydrogens is 187 g/mol. The molecule has 0 aromatic heterocycles. The maximum Gasteiger partial charge on any atom is 0.111 e. The Morgan fingerprint density at radius 3 is 2.62 bits per heavy atom. The van der Waals surface area contributed by atoms with Gasteiger partial charge in [0, 0.05) is 17.1 Å². The van der Waals surface area contributed by atoms with Crippen LogP contribution < -0.4 is 0 Å². The summed E-state index contributed by atoms with van der Waals surface area (Å²) < 4.78 is 12.2. The minimum absolute atomic E-state index is 0.179. The molecule has 13 heavy (non-hydrogen) atoms. The SMILES string of the molecule is C=C(CF)C(C)SC(C)CCCO. The van der Waals surface area contributed by atoms with E-state index in [1.165, 1.54) is 0 Å². The van der Waals surface area contributed by atoms with E-state index >= 15 is 0 Å². The van der Waals surface area contributed by atoms with Crippen LogP contribution in [0.4, 0.5) is 4.39 Å². The Labute approximate surface area is 84.4 Å². The Kier molecular flexibility index (Phi) is 7.38. The van der Waals surface area contributed by atoms with Crippen molar-refractivity contribution in [2.75, 3.05) is 13.3 Å². The van der Waals surface area contributed by atoms with E-state index in [4.69, 9.17) is 5.11 Å². The fourth-order valence-electron chi connectivity index (χ4n) is 1.00. The zero-order valence-electron chi connectivity index (χ0n) is 8.42. The van der Waals surface area contributed by atoms with Gasteiger partial charge in [-0.1, -0.05) is 13.5 Å². The summed E-state index contributed by atoms with van der Waals surface area (Å²) in [6.45, 7) is 7.54. The Balaban J connectivity index is 3.64. The minimum atomic E-state index is -0.430. The lowest BCUT2D eigenvalue weighted by Crippen LogP contribution is -2.08. The Hall–Kier alpha value is -0.0200. The summed E-state index contributed by atoms with van der Waals surface area (Å²) in [6, 6.07) is 0. The van der Waals surface area contributed by atoms with Crippen LogP contribution in [0.15, 0.2) is 12.2 Å². The summed E-state index contributed by atoms with van der Waals surface area (Å²) in [5.74, 6) is 0. The molecule has 0 heterocycles. The van der Waals surface area contributed by atoms with Gasteiger partial charge in [-0.15, -0.1) is 0 Å². The largest absolute Gasteiger partial charge is 0.396 e. The van der Waals surface area contributed by atoms with Crippen LogP contribution in [-0.4, -0.2) is 28.9 Å². The monoisotopic (exact) mass is 206 g/mol. The number of aliphatic hydroxyl groups excluding tert-OH is 1. The molecular formula is C10H19FOS. The molecule has 0 bridgehead atoms. The van der Waals surface area contributed by atoms with Gasteiger partial charge in [0.2, 0.25) is 0 Å². The molecule has 0 amide bonds. The van der Waals surface area contributed by atoms with Gasteiger partial charge in [0.15, 0.2) is 0 Å². The zero-order valence-corrected chi connectivity index (χ0v) is 9.24. The van der Waals surface area contributed by atoms with Crippen LogP contribution in [0.3, 0.4) is 0 Å². The van der Waals surface area contributed by atoms with E-state index in [1.54, 1.807) is 11.8 Å². The highest BCUT2D eigenvalue weighted by atomic mass is 32.2. The number of halogens is 1. The summed E-state index contributed by atoms with van der Waals surface area (Å²) in [4.78, 5) is 0. The molecule has 0 aromatic rings. The van der Waals surface area contributed by atoms with Gasteiger partial charge >= 0.3 is 0 Å². The van der Waals surface area contributed by atoms with Crippen molar-refractivity contribution in [3.8, 4) is 0 Å². The highest BCUT2D eigenvalue weighted by molar-refractivity contribution is 8.00. The smallest absolute Gasteiger partial charge is 0.111 e. The molecule has 0 aliphatic rings. The lowest BCUT2D eigenvalue weighted by molar-refractivity contribution is 0.284. The zero-order chi connectivity index (χ0) is 10.3. The quantitative estimate of drug-likeness (QED) is 0.646. The maximum absolute atomic E-state index is 12.2. The van der Waals surface area contributed by atoms with Crippen LogP contribution in [0.25, 0.3) is 0 Å².